The Balaban J connectivity index is 0.00000400. The number of carbonyl (C=O) groups excluding carboxylic acids is 1. The van der Waals surface area contributed by atoms with Crippen LogP contribution in [0.25, 0.3) is 0 Å². The lowest BCUT2D eigenvalue weighted by molar-refractivity contribution is -0.385. The molecule has 7 nitrogen and oxygen atoms in total. The van der Waals surface area contributed by atoms with Crippen LogP contribution in [0.15, 0.2) is 24.3 Å². The van der Waals surface area contributed by atoms with Gasteiger partial charge in [0.2, 0.25) is 0 Å². The third-order valence-corrected chi connectivity index (χ3v) is 2.47. The van der Waals surface area contributed by atoms with Crippen molar-refractivity contribution in [3.63, 3.8) is 0 Å². The van der Waals surface area contributed by atoms with E-state index in [1.165, 1.54) is 12.1 Å². The molecule has 118 valence electrons. The number of halogens is 1. The molecular weight excluding hydrogens is 298 g/mol. The van der Waals surface area contributed by atoms with Crippen LogP contribution in [0.1, 0.15) is 13.3 Å². The predicted octanol–water partition coefficient (Wildman–Crippen LogP) is 1.51. The lowest BCUT2D eigenvalue weighted by atomic mass is 10.3. The topological polar surface area (TPSA) is 93.5 Å². The molecule has 8 heteroatoms. The van der Waals surface area contributed by atoms with Crippen molar-refractivity contribution in [2.45, 2.75) is 13.3 Å². The number of nitrogens with zero attached hydrogens (tertiary/aromatic N) is 1. The van der Waals surface area contributed by atoms with Crippen LogP contribution in [0.2, 0.25) is 0 Å². The standard InChI is InChI=1S/C13H19N3O4.ClH/c1-2-7-14-8-9-15-13(17)10-20-12-6-4-3-5-11(12)16(18)19;/h3-6,14H,2,7-10H2,1H3,(H,15,17);1H. The van der Waals surface area contributed by atoms with Gasteiger partial charge in [-0.05, 0) is 19.0 Å². The summed E-state index contributed by atoms with van der Waals surface area (Å²) in [6.07, 6.45) is 1.04. The lowest BCUT2D eigenvalue weighted by Crippen LogP contribution is -2.35. The Kier molecular flexibility index (Phi) is 9.91. The molecule has 1 aromatic rings. The smallest absolute Gasteiger partial charge is 0.310 e. The molecule has 1 amide bonds. The molecule has 0 spiro atoms. The van der Waals surface area contributed by atoms with E-state index in [0.717, 1.165) is 13.0 Å². The molecule has 0 heterocycles. The molecule has 0 aliphatic carbocycles. The Labute approximate surface area is 129 Å². The highest BCUT2D eigenvalue weighted by Gasteiger charge is 2.14. The maximum absolute atomic E-state index is 11.5. The molecule has 0 radical (unpaired) electrons. The van der Waals surface area contributed by atoms with Gasteiger partial charge in [0.1, 0.15) is 0 Å². The number of para-hydroxylation sites is 2. The fourth-order valence-electron chi connectivity index (χ4n) is 1.52. The van der Waals surface area contributed by atoms with Gasteiger partial charge in [0.25, 0.3) is 5.91 Å². The van der Waals surface area contributed by atoms with Crippen LogP contribution in [0.4, 0.5) is 5.69 Å². The molecule has 0 aliphatic heterocycles. The highest BCUT2D eigenvalue weighted by atomic mass is 35.5. The van der Waals surface area contributed by atoms with Crippen molar-refractivity contribution in [1.29, 1.82) is 0 Å². The maximum Gasteiger partial charge on any atom is 0.310 e. The van der Waals surface area contributed by atoms with Crippen molar-refractivity contribution >= 4 is 24.0 Å². The molecule has 0 aromatic heterocycles. The summed E-state index contributed by atoms with van der Waals surface area (Å²) in [6, 6.07) is 5.97. The average molecular weight is 318 g/mol. The molecule has 0 atom stereocenters. The first-order chi connectivity index (χ1) is 9.65. The van der Waals surface area contributed by atoms with Crippen LogP contribution in [-0.2, 0) is 4.79 Å². The van der Waals surface area contributed by atoms with E-state index in [9.17, 15) is 14.9 Å². The fourth-order valence-corrected chi connectivity index (χ4v) is 1.52. The normalized spacial score (nSPS) is 9.57. The van der Waals surface area contributed by atoms with Crippen LogP contribution in [0, 0.1) is 10.1 Å². The van der Waals surface area contributed by atoms with E-state index in [0.29, 0.717) is 13.1 Å². The second-order valence-corrected chi connectivity index (χ2v) is 4.11. The number of benzene rings is 1. The van der Waals surface area contributed by atoms with Crippen molar-refractivity contribution in [1.82, 2.24) is 10.6 Å². The van der Waals surface area contributed by atoms with Crippen molar-refractivity contribution in [2.24, 2.45) is 0 Å². The second kappa shape index (κ2) is 10.9. The van der Waals surface area contributed by atoms with Gasteiger partial charge in [0, 0.05) is 19.2 Å². The summed E-state index contributed by atoms with van der Waals surface area (Å²) >= 11 is 0. The summed E-state index contributed by atoms with van der Waals surface area (Å²) in [7, 11) is 0. The van der Waals surface area contributed by atoms with Crippen molar-refractivity contribution in [3.05, 3.63) is 34.4 Å². The number of ether oxygens (including phenoxy) is 1. The van der Waals surface area contributed by atoms with Crippen molar-refractivity contribution in [3.8, 4) is 5.75 Å². The summed E-state index contributed by atoms with van der Waals surface area (Å²) in [5.41, 5.74) is -0.148. The quantitative estimate of drug-likeness (QED) is 0.409. The summed E-state index contributed by atoms with van der Waals surface area (Å²) in [5.74, 6) is -0.210. The first kappa shape index (κ1) is 19.1. The summed E-state index contributed by atoms with van der Waals surface area (Å²) in [6.45, 7) is 3.91. The van der Waals surface area contributed by atoms with Gasteiger partial charge >= 0.3 is 5.69 Å². The molecule has 1 rings (SSSR count). The predicted molar refractivity (Wildman–Crippen MR) is 82.0 cm³/mol. The molecule has 1 aromatic carbocycles. The molecule has 0 fully saturated rings. The number of nitro groups is 1. The summed E-state index contributed by atoms with van der Waals surface area (Å²) < 4.78 is 5.16. The van der Waals surface area contributed by atoms with Gasteiger partial charge in [-0.2, -0.15) is 0 Å². The lowest BCUT2D eigenvalue weighted by Gasteiger charge is -2.08. The van der Waals surface area contributed by atoms with Crippen molar-refractivity contribution in [2.75, 3.05) is 26.2 Å². The highest BCUT2D eigenvalue weighted by molar-refractivity contribution is 5.85. The minimum absolute atomic E-state index is 0. The first-order valence-electron chi connectivity index (χ1n) is 6.48. The van der Waals surface area contributed by atoms with E-state index in [1.54, 1.807) is 12.1 Å². The Hall–Kier alpha value is -1.86. The number of carbonyl (C=O) groups is 1. The number of hydrogen-bond donors (Lipinski definition) is 2. The Morgan fingerprint density at radius 2 is 2.00 bits per heavy atom. The van der Waals surface area contributed by atoms with Gasteiger partial charge in [-0.3, -0.25) is 14.9 Å². The maximum atomic E-state index is 11.5. The number of hydrogen-bond acceptors (Lipinski definition) is 5. The van der Waals surface area contributed by atoms with Crippen molar-refractivity contribution < 1.29 is 14.5 Å². The van der Waals surface area contributed by atoms with Crippen LogP contribution < -0.4 is 15.4 Å². The first-order valence-corrected chi connectivity index (χ1v) is 6.48. The van der Waals surface area contributed by atoms with Crippen LogP contribution in [0.5, 0.6) is 5.75 Å². The van der Waals surface area contributed by atoms with Gasteiger partial charge in [0.05, 0.1) is 4.92 Å². The molecule has 0 saturated heterocycles. The van der Waals surface area contributed by atoms with E-state index in [2.05, 4.69) is 17.6 Å². The molecule has 0 bridgehead atoms. The average Bonchev–Trinajstić information content (AvgIpc) is 2.45. The number of nitrogens with one attached hydrogen (secondary N) is 2. The highest BCUT2D eigenvalue weighted by Crippen LogP contribution is 2.25. The van der Waals surface area contributed by atoms with Crippen LogP contribution >= 0.6 is 12.4 Å². The minimum Gasteiger partial charge on any atom is -0.477 e. The molecule has 0 unspecified atom stereocenters. The molecule has 0 saturated carbocycles. The Morgan fingerprint density at radius 3 is 2.67 bits per heavy atom. The monoisotopic (exact) mass is 317 g/mol. The van der Waals surface area contributed by atoms with Gasteiger partial charge in [-0.1, -0.05) is 19.1 Å². The zero-order valence-corrected chi connectivity index (χ0v) is 12.6. The third kappa shape index (κ3) is 7.48. The van der Waals surface area contributed by atoms with Crippen LogP contribution in [-0.4, -0.2) is 37.1 Å². The van der Waals surface area contributed by atoms with Gasteiger partial charge in [0.15, 0.2) is 12.4 Å². The minimum atomic E-state index is -0.540. The van der Waals surface area contributed by atoms with E-state index in [-0.39, 0.29) is 36.4 Å². The van der Waals surface area contributed by atoms with E-state index in [1.807, 2.05) is 0 Å². The number of nitro benzene ring substituents is 1. The van der Waals surface area contributed by atoms with Gasteiger partial charge < -0.3 is 15.4 Å². The summed E-state index contributed by atoms with van der Waals surface area (Å²) in [4.78, 5) is 21.7. The fraction of sp³-hybridized carbons (Fsp3) is 0.462. The zero-order chi connectivity index (χ0) is 14.8. The Morgan fingerprint density at radius 1 is 1.29 bits per heavy atom. The second-order valence-electron chi connectivity index (χ2n) is 4.11. The molecule has 21 heavy (non-hydrogen) atoms. The molecule has 0 aliphatic rings. The number of rotatable bonds is 9. The molecular formula is C13H20ClN3O4. The van der Waals surface area contributed by atoms with E-state index >= 15 is 0 Å². The molecule has 2 N–H and O–H groups in total. The largest absolute Gasteiger partial charge is 0.477 e. The zero-order valence-electron chi connectivity index (χ0n) is 11.8. The van der Waals surface area contributed by atoms with Gasteiger partial charge in [-0.25, -0.2) is 0 Å². The third-order valence-electron chi connectivity index (χ3n) is 2.47. The number of amides is 1. The Bertz CT molecular complexity index is 457. The van der Waals surface area contributed by atoms with E-state index in [4.69, 9.17) is 4.74 Å². The summed E-state index contributed by atoms with van der Waals surface area (Å²) in [5, 5.41) is 16.6. The SMILES string of the molecule is CCCNCCNC(=O)COc1ccccc1[N+](=O)[O-].Cl. The van der Waals surface area contributed by atoms with E-state index < -0.39 is 4.92 Å². The van der Waals surface area contributed by atoms with Gasteiger partial charge in [-0.15, -0.1) is 12.4 Å². The van der Waals surface area contributed by atoms with Crippen LogP contribution in [0.3, 0.4) is 0 Å².